The minimum Gasteiger partial charge on any atom is -0.469 e. The normalized spacial score (nSPS) is 45.8. The highest BCUT2D eigenvalue weighted by atomic mass is 16.5. The molecule has 0 radical (unpaired) electrons. The second-order valence-electron chi connectivity index (χ2n) is 12.6. The molecule has 0 aromatic heterocycles. The highest BCUT2D eigenvalue weighted by molar-refractivity contribution is 5.74. The summed E-state index contributed by atoms with van der Waals surface area (Å²) in [7, 11) is 1.56. The topological polar surface area (TPSA) is 67.8 Å². The minimum atomic E-state index is -0.334. The summed E-state index contributed by atoms with van der Waals surface area (Å²) < 4.78 is 11.4. The van der Waals surface area contributed by atoms with Crippen LogP contribution in [0.3, 0.4) is 0 Å². The van der Waals surface area contributed by atoms with Gasteiger partial charge >= 0.3 is 5.97 Å². The SMILES string of the molecule is CCCCCCN[C@@H]1C[C@]2(C)[C@@H](C(=O)OC)CC[C@H]2[C@@H]2CC[C@H]3C[C@H](O)[C@@H](OCC)C[C@]3(C)[C@H]21. The highest BCUT2D eigenvalue weighted by Crippen LogP contribution is 2.67. The third kappa shape index (κ3) is 4.59. The Morgan fingerprint density at radius 2 is 1.82 bits per heavy atom. The van der Waals surface area contributed by atoms with Crippen molar-refractivity contribution in [3.8, 4) is 0 Å². The molecule has 4 aliphatic carbocycles. The lowest BCUT2D eigenvalue weighted by atomic mass is 9.43. The van der Waals surface area contributed by atoms with Gasteiger partial charge in [0.1, 0.15) is 0 Å². The third-order valence-electron chi connectivity index (χ3n) is 10.9. The van der Waals surface area contributed by atoms with Crippen molar-refractivity contribution in [1.29, 1.82) is 0 Å². The van der Waals surface area contributed by atoms with Crippen LogP contribution in [0, 0.1) is 40.4 Å². The van der Waals surface area contributed by atoms with Crippen LogP contribution in [0.25, 0.3) is 0 Å². The van der Waals surface area contributed by atoms with Crippen LogP contribution in [0.1, 0.15) is 98.3 Å². The molecule has 2 N–H and O–H groups in total. The number of hydrogen-bond acceptors (Lipinski definition) is 5. The second-order valence-corrected chi connectivity index (χ2v) is 12.6. The molecule has 5 nitrogen and oxygen atoms in total. The lowest BCUT2D eigenvalue weighted by Gasteiger charge is -2.64. The number of carbonyl (C=O) groups is 1. The zero-order chi connectivity index (χ0) is 24.5. The first kappa shape index (κ1) is 26.4. The van der Waals surface area contributed by atoms with Crippen molar-refractivity contribution in [3.63, 3.8) is 0 Å². The van der Waals surface area contributed by atoms with Gasteiger partial charge in [0.25, 0.3) is 0 Å². The van der Waals surface area contributed by atoms with Gasteiger partial charge in [-0.05, 0) is 99.3 Å². The maximum atomic E-state index is 12.8. The molecular formula is C29H51NO4. The van der Waals surface area contributed by atoms with E-state index in [0.717, 1.165) is 38.6 Å². The highest BCUT2D eigenvalue weighted by Gasteiger charge is 2.65. The number of aliphatic hydroxyl groups excluding tert-OH is 1. The van der Waals surface area contributed by atoms with Crippen LogP contribution in [0.2, 0.25) is 0 Å². The lowest BCUT2D eigenvalue weighted by molar-refractivity contribution is -0.182. The number of nitrogens with one attached hydrogen (secondary N) is 1. The van der Waals surface area contributed by atoms with Crippen molar-refractivity contribution >= 4 is 5.97 Å². The Morgan fingerprint density at radius 1 is 1.03 bits per heavy atom. The molecule has 0 amide bonds. The summed E-state index contributed by atoms with van der Waals surface area (Å²) in [6.45, 7) is 11.0. The summed E-state index contributed by atoms with van der Waals surface area (Å²) in [5.41, 5.74) is 0.194. The number of esters is 1. The number of fused-ring (bicyclic) bond motifs is 5. The summed E-state index contributed by atoms with van der Waals surface area (Å²) >= 11 is 0. The van der Waals surface area contributed by atoms with Crippen molar-refractivity contribution < 1.29 is 19.4 Å². The van der Waals surface area contributed by atoms with E-state index in [0.29, 0.717) is 36.3 Å². The van der Waals surface area contributed by atoms with Gasteiger partial charge in [-0.2, -0.15) is 0 Å². The van der Waals surface area contributed by atoms with Gasteiger partial charge in [-0.1, -0.05) is 40.0 Å². The Balaban J connectivity index is 1.63. The Hall–Kier alpha value is -0.650. The van der Waals surface area contributed by atoms with Crippen LogP contribution < -0.4 is 5.32 Å². The molecule has 10 atom stereocenters. The van der Waals surface area contributed by atoms with Gasteiger partial charge in [-0.3, -0.25) is 4.79 Å². The van der Waals surface area contributed by atoms with Crippen LogP contribution in [0.15, 0.2) is 0 Å². The summed E-state index contributed by atoms with van der Waals surface area (Å²) in [4.78, 5) is 12.8. The maximum absolute atomic E-state index is 12.8. The number of aliphatic hydroxyl groups is 1. The van der Waals surface area contributed by atoms with Crippen LogP contribution in [0.5, 0.6) is 0 Å². The fraction of sp³-hybridized carbons (Fsp3) is 0.966. The van der Waals surface area contributed by atoms with Crippen LogP contribution >= 0.6 is 0 Å². The van der Waals surface area contributed by atoms with Gasteiger partial charge in [-0.25, -0.2) is 0 Å². The van der Waals surface area contributed by atoms with Crippen LogP contribution in [-0.2, 0) is 14.3 Å². The molecule has 4 saturated carbocycles. The van der Waals surface area contributed by atoms with E-state index in [-0.39, 0.29) is 34.9 Å². The van der Waals surface area contributed by atoms with Crippen molar-refractivity contribution in [2.75, 3.05) is 20.3 Å². The summed E-state index contributed by atoms with van der Waals surface area (Å²) in [5.74, 6) is 2.41. The molecule has 34 heavy (non-hydrogen) atoms. The van der Waals surface area contributed by atoms with E-state index in [1.165, 1.54) is 38.5 Å². The Labute approximate surface area is 208 Å². The van der Waals surface area contributed by atoms with Crippen molar-refractivity contribution in [1.82, 2.24) is 5.32 Å². The zero-order valence-corrected chi connectivity index (χ0v) is 22.5. The second kappa shape index (κ2) is 10.8. The molecule has 0 unspecified atom stereocenters. The predicted molar refractivity (Wildman–Crippen MR) is 135 cm³/mol. The molecule has 0 saturated heterocycles. The zero-order valence-electron chi connectivity index (χ0n) is 22.5. The molecule has 0 spiro atoms. The summed E-state index contributed by atoms with van der Waals surface area (Å²) in [5, 5.41) is 14.9. The molecule has 0 heterocycles. The number of hydrogen-bond donors (Lipinski definition) is 2. The Morgan fingerprint density at radius 3 is 2.53 bits per heavy atom. The first-order valence-corrected chi connectivity index (χ1v) is 14.4. The molecule has 0 aromatic carbocycles. The standard InChI is InChI=1S/C29H51NO4/c1-6-8-9-10-15-30-23-17-29(4)21(13-14-22(29)27(32)33-5)20-12-11-19-16-24(31)25(34-7-2)18-28(19,3)26(20)23/h19-26,30-31H,6-18H2,1-5H3/t19-,20-,21-,22+,23+,24-,25-,26+,28-,29-/m0/s1. The molecule has 196 valence electrons. The van der Waals surface area contributed by atoms with Gasteiger partial charge in [0.2, 0.25) is 0 Å². The van der Waals surface area contributed by atoms with E-state index in [4.69, 9.17) is 9.47 Å². The van der Waals surface area contributed by atoms with Crippen molar-refractivity contribution in [3.05, 3.63) is 0 Å². The van der Waals surface area contributed by atoms with E-state index < -0.39 is 0 Å². The monoisotopic (exact) mass is 477 g/mol. The van der Waals surface area contributed by atoms with E-state index in [2.05, 4.69) is 26.1 Å². The van der Waals surface area contributed by atoms with E-state index in [1.54, 1.807) is 7.11 Å². The molecular weight excluding hydrogens is 426 g/mol. The van der Waals surface area contributed by atoms with Crippen molar-refractivity contribution in [2.45, 2.75) is 117 Å². The number of ether oxygens (including phenoxy) is 2. The average molecular weight is 478 g/mol. The fourth-order valence-electron chi connectivity index (χ4n) is 9.39. The molecule has 4 fully saturated rings. The van der Waals surface area contributed by atoms with Gasteiger partial charge in [0.15, 0.2) is 0 Å². The molecule has 5 heteroatoms. The first-order chi connectivity index (χ1) is 16.3. The fourth-order valence-corrected chi connectivity index (χ4v) is 9.39. The van der Waals surface area contributed by atoms with E-state index in [1.807, 2.05) is 6.92 Å². The van der Waals surface area contributed by atoms with E-state index >= 15 is 0 Å². The quantitative estimate of drug-likeness (QED) is 0.346. The maximum Gasteiger partial charge on any atom is 0.309 e. The van der Waals surface area contributed by atoms with Crippen LogP contribution in [-0.4, -0.2) is 49.6 Å². The summed E-state index contributed by atoms with van der Waals surface area (Å²) in [6.07, 6.45) is 12.2. The van der Waals surface area contributed by atoms with Gasteiger partial charge in [0, 0.05) is 12.6 Å². The van der Waals surface area contributed by atoms with Gasteiger partial charge in [-0.15, -0.1) is 0 Å². The molecule has 0 aromatic rings. The Bertz CT molecular complexity index is 700. The molecule has 4 aliphatic rings. The molecule has 0 bridgehead atoms. The predicted octanol–water partition coefficient (Wildman–Crippen LogP) is 5.34. The smallest absolute Gasteiger partial charge is 0.309 e. The number of carbonyl (C=O) groups excluding carboxylic acids is 1. The van der Waals surface area contributed by atoms with Gasteiger partial charge in [0.05, 0.1) is 25.2 Å². The third-order valence-corrected chi connectivity index (χ3v) is 10.9. The number of methoxy groups -OCH3 is 1. The Kier molecular flexibility index (Phi) is 8.36. The lowest BCUT2D eigenvalue weighted by Crippen LogP contribution is -2.64. The largest absolute Gasteiger partial charge is 0.469 e. The van der Waals surface area contributed by atoms with Gasteiger partial charge < -0.3 is 19.9 Å². The van der Waals surface area contributed by atoms with Crippen LogP contribution in [0.4, 0.5) is 0 Å². The molecule has 4 rings (SSSR count). The number of rotatable bonds is 9. The van der Waals surface area contributed by atoms with Crippen molar-refractivity contribution in [2.24, 2.45) is 40.4 Å². The number of unbranched alkanes of at least 4 members (excludes halogenated alkanes) is 3. The first-order valence-electron chi connectivity index (χ1n) is 14.4. The molecule has 0 aliphatic heterocycles. The minimum absolute atomic E-state index is 0.00208. The summed E-state index contributed by atoms with van der Waals surface area (Å²) in [6, 6.07) is 0.420. The van der Waals surface area contributed by atoms with E-state index in [9.17, 15) is 9.90 Å². The average Bonchev–Trinajstić information content (AvgIpc) is 3.16.